The van der Waals surface area contributed by atoms with Crippen molar-refractivity contribution in [2.75, 3.05) is 26.3 Å². The zero-order chi connectivity index (χ0) is 12.6. The van der Waals surface area contributed by atoms with E-state index in [-0.39, 0.29) is 51.0 Å². The Balaban J connectivity index is 4.12. The van der Waals surface area contributed by atoms with Gasteiger partial charge in [0.1, 0.15) is 0 Å². The molecule has 1 amide bonds. The maximum absolute atomic E-state index is 11.6. The van der Waals surface area contributed by atoms with Gasteiger partial charge in [0, 0.05) is 25.9 Å². The van der Waals surface area contributed by atoms with Crippen LogP contribution in [-0.4, -0.2) is 58.4 Å². The monoisotopic (exact) mass is 233 g/mol. The average molecular weight is 233 g/mol. The van der Waals surface area contributed by atoms with E-state index in [9.17, 15) is 9.59 Å². The van der Waals surface area contributed by atoms with Gasteiger partial charge in [0.05, 0.1) is 13.2 Å². The number of rotatable bonds is 8. The Labute approximate surface area is 94.5 Å². The van der Waals surface area contributed by atoms with Crippen LogP contribution in [-0.2, 0) is 9.59 Å². The standard InChI is InChI=1S/C10H19NO5/c1-8(7-10(15)16)6-9(14)11(2-4-12)3-5-13/h8,12-13H,2-7H2,1H3,(H,15,16). The van der Waals surface area contributed by atoms with Crippen molar-refractivity contribution in [2.24, 2.45) is 5.92 Å². The largest absolute Gasteiger partial charge is 0.481 e. The molecule has 0 aromatic rings. The number of carbonyl (C=O) groups excluding carboxylic acids is 1. The summed E-state index contributed by atoms with van der Waals surface area (Å²) in [6, 6.07) is 0. The van der Waals surface area contributed by atoms with E-state index < -0.39 is 5.97 Å². The zero-order valence-electron chi connectivity index (χ0n) is 9.43. The average Bonchev–Trinajstić information content (AvgIpc) is 2.15. The van der Waals surface area contributed by atoms with E-state index in [0.717, 1.165) is 0 Å². The predicted molar refractivity (Wildman–Crippen MR) is 56.8 cm³/mol. The van der Waals surface area contributed by atoms with Gasteiger partial charge in [0.2, 0.25) is 5.91 Å². The van der Waals surface area contributed by atoms with Crippen LogP contribution in [0, 0.1) is 5.92 Å². The molecule has 0 rings (SSSR count). The Kier molecular flexibility index (Phi) is 7.49. The minimum Gasteiger partial charge on any atom is -0.481 e. The van der Waals surface area contributed by atoms with Gasteiger partial charge in [0.15, 0.2) is 0 Å². The van der Waals surface area contributed by atoms with Crippen molar-refractivity contribution < 1.29 is 24.9 Å². The number of carboxylic acid groups (broad SMARTS) is 1. The first-order chi connectivity index (χ1) is 7.51. The number of hydrogen-bond donors (Lipinski definition) is 3. The van der Waals surface area contributed by atoms with Gasteiger partial charge in [0.25, 0.3) is 0 Å². The summed E-state index contributed by atoms with van der Waals surface area (Å²) in [6.45, 7) is 1.68. The molecule has 1 unspecified atom stereocenters. The second-order valence-electron chi connectivity index (χ2n) is 3.74. The third kappa shape index (κ3) is 6.36. The Morgan fingerprint density at radius 2 is 1.62 bits per heavy atom. The number of hydrogen-bond acceptors (Lipinski definition) is 4. The SMILES string of the molecule is CC(CC(=O)O)CC(=O)N(CCO)CCO. The van der Waals surface area contributed by atoms with Crippen LogP contribution in [0.3, 0.4) is 0 Å². The van der Waals surface area contributed by atoms with Crippen LogP contribution in [0.15, 0.2) is 0 Å². The summed E-state index contributed by atoms with van der Waals surface area (Å²) in [5.74, 6) is -1.42. The lowest BCUT2D eigenvalue weighted by Gasteiger charge is -2.22. The highest BCUT2D eigenvalue weighted by Crippen LogP contribution is 2.09. The molecule has 94 valence electrons. The van der Waals surface area contributed by atoms with Crippen LogP contribution in [0.25, 0.3) is 0 Å². The normalized spacial score (nSPS) is 12.2. The van der Waals surface area contributed by atoms with Gasteiger partial charge in [-0.1, -0.05) is 6.92 Å². The van der Waals surface area contributed by atoms with Crippen molar-refractivity contribution in [3.05, 3.63) is 0 Å². The molecule has 0 aromatic heterocycles. The smallest absolute Gasteiger partial charge is 0.303 e. The topological polar surface area (TPSA) is 98.1 Å². The molecule has 0 radical (unpaired) electrons. The number of aliphatic hydroxyl groups is 2. The molecule has 0 aromatic carbocycles. The van der Waals surface area contributed by atoms with Crippen molar-refractivity contribution in [3.8, 4) is 0 Å². The molecule has 0 aliphatic carbocycles. The Morgan fingerprint density at radius 3 is 2.00 bits per heavy atom. The number of nitrogens with zero attached hydrogens (tertiary/aromatic N) is 1. The van der Waals surface area contributed by atoms with Crippen molar-refractivity contribution in [2.45, 2.75) is 19.8 Å². The molecule has 16 heavy (non-hydrogen) atoms. The minimum absolute atomic E-state index is 0.0577. The number of amides is 1. The van der Waals surface area contributed by atoms with Gasteiger partial charge in [-0.05, 0) is 5.92 Å². The fraction of sp³-hybridized carbons (Fsp3) is 0.800. The molecule has 0 bridgehead atoms. The molecule has 0 spiro atoms. The highest BCUT2D eigenvalue weighted by atomic mass is 16.4. The Bertz CT molecular complexity index is 225. The molecule has 6 heteroatoms. The molecule has 0 heterocycles. The Morgan fingerprint density at radius 1 is 1.12 bits per heavy atom. The van der Waals surface area contributed by atoms with Gasteiger partial charge in [-0.25, -0.2) is 0 Å². The molecule has 6 nitrogen and oxygen atoms in total. The fourth-order valence-corrected chi connectivity index (χ4v) is 1.40. The van der Waals surface area contributed by atoms with Gasteiger partial charge < -0.3 is 20.2 Å². The highest BCUT2D eigenvalue weighted by molar-refractivity contribution is 5.77. The molecule has 0 aliphatic heterocycles. The molecule has 0 saturated heterocycles. The van der Waals surface area contributed by atoms with Gasteiger partial charge in [-0.2, -0.15) is 0 Å². The van der Waals surface area contributed by atoms with Crippen molar-refractivity contribution in [3.63, 3.8) is 0 Å². The van der Waals surface area contributed by atoms with Crippen molar-refractivity contribution >= 4 is 11.9 Å². The van der Waals surface area contributed by atoms with E-state index in [1.54, 1.807) is 6.92 Å². The zero-order valence-corrected chi connectivity index (χ0v) is 9.43. The maximum Gasteiger partial charge on any atom is 0.303 e. The second-order valence-corrected chi connectivity index (χ2v) is 3.74. The van der Waals surface area contributed by atoms with Crippen molar-refractivity contribution in [1.29, 1.82) is 0 Å². The first kappa shape index (κ1) is 14.9. The van der Waals surface area contributed by atoms with Crippen LogP contribution < -0.4 is 0 Å². The summed E-state index contributed by atoms with van der Waals surface area (Å²) in [4.78, 5) is 23.4. The lowest BCUT2D eigenvalue weighted by atomic mass is 10.0. The summed E-state index contributed by atoms with van der Waals surface area (Å²) in [6.07, 6.45) is 0.0597. The molecule has 0 fully saturated rings. The lowest BCUT2D eigenvalue weighted by molar-refractivity contribution is -0.138. The minimum atomic E-state index is -0.934. The number of carbonyl (C=O) groups is 2. The third-order valence-corrected chi connectivity index (χ3v) is 2.14. The predicted octanol–water partition coefficient (Wildman–Crippen LogP) is -0.699. The number of carboxylic acids is 1. The summed E-state index contributed by atoms with van der Waals surface area (Å²) < 4.78 is 0. The van der Waals surface area contributed by atoms with Crippen LogP contribution in [0.1, 0.15) is 19.8 Å². The molecule has 0 aliphatic rings. The summed E-state index contributed by atoms with van der Waals surface area (Å²) in [5, 5.41) is 26.0. The van der Waals surface area contributed by atoms with E-state index in [0.29, 0.717) is 0 Å². The quantitative estimate of drug-likeness (QED) is 0.515. The molecular formula is C10H19NO5. The third-order valence-electron chi connectivity index (χ3n) is 2.14. The van der Waals surface area contributed by atoms with E-state index in [4.69, 9.17) is 15.3 Å². The molecule has 1 atom stereocenters. The van der Waals surface area contributed by atoms with E-state index in [2.05, 4.69) is 0 Å². The van der Waals surface area contributed by atoms with Gasteiger partial charge in [-0.15, -0.1) is 0 Å². The second kappa shape index (κ2) is 8.06. The fourth-order valence-electron chi connectivity index (χ4n) is 1.40. The summed E-state index contributed by atoms with van der Waals surface area (Å²) >= 11 is 0. The van der Waals surface area contributed by atoms with E-state index >= 15 is 0 Å². The molecule has 0 saturated carbocycles. The highest BCUT2D eigenvalue weighted by Gasteiger charge is 2.17. The first-order valence-corrected chi connectivity index (χ1v) is 5.22. The van der Waals surface area contributed by atoms with Crippen LogP contribution in [0.4, 0.5) is 0 Å². The Hall–Kier alpha value is -1.14. The van der Waals surface area contributed by atoms with Crippen LogP contribution in [0.2, 0.25) is 0 Å². The summed E-state index contributed by atoms with van der Waals surface area (Å²) in [5.41, 5.74) is 0. The van der Waals surface area contributed by atoms with E-state index in [1.807, 2.05) is 0 Å². The van der Waals surface area contributed by atoms with E-state index in [1.165, 1.54) is 4.90 Å². The number of aliphatic carboxylic acids is 1. The van der Waals surface area contributed by atoms with Gasteiger partial charge >= 0.3 is 5.97 Å². The lowest BCUT2D eigenvalue weighted by Crippen LogP contribution is -2.36. The van der Waals surface area contributed by atoms with Crippen LogP contribution >= 0.6 is 0 Å². The summed E-state index contributed by atoms with van der Waals surface area (Å²) in [7, 11) is 0. The first-order valence-electron chi connectivity index (χ1n) is 5.22. The number of aliphatic hydroxyl groups excluding tert-OH is 2. The van der Waals surface area contributed by atoms with Crippen LogP contribution in [0.5, 0.6) is 0 Å². The maximum atomic E-state index is 11.6. The molecular weight excluding hydrogens is 214 g/mol. The van der Waals surface area contributed by atoms with Crippen molar-refractivity contribution in [1.82, 2.24) is 4.90 Å². The molecule has 3 N–H and O–H groups in total. The van der Waals surface area contributed by atoms with Gasteiger partial charge in [-0.3, -0.25) is 9.59 Å².